The summed E-state index contributed by atoms with van der Waals surface area (Å²) in [6, 6.07) is 10.2. The fraction of sp³-hybridized carbons (Fsp3) is 0.190. The third kappa shape index (κ3) is 3.08. The van der Waals surface area contributed by atoms with Gasteiger partial charge in [0, 0.05) is 23.7 Å². The van der Waals surface area contributed by atoms with Crippen LogP contribution in [-0.4, -0.2) is 18.9 Å². The minimum Gasteiger partial charge on any atom is -0.362 e. The van der Waals surface area contributed by atoms with Crippen LogP contribution < -0.4 is 0 Å². The van der Waals surface area contributed by atoms with Gasteiger partial charge in [-0.25, -0.2) is 18.8 Å². The van der Waals surface area contributed by atoms with Crippen LogP contribution in [0.15, 0.2) is 55.1 Å². The van der Waals surface area contributed by atoms with E-state index in [4.69, 9.17) is 6.57 Å². The highest BCUT2D eigenvalue weighted by Crippen LogP contribution is 2.33. The Morgan fingerprint density at radius 3 is 2.52 bits per heavy atom. The molecule has 4 rings (SSSR count). The quantitative estimate of drug-likeness (QED) is 0.469. The first-order valence-corrected chi connectivity index (χ1v) is 8.73. The van der Waals surface area contributed by atoms with Crippen LogP contribution in [0.25, 0.3) is 33.0 Å². The Morgan fingerprint density at radius 1 is 1.07 bits per heavy atom. The van der Waals surface area contributed by atoms with Crippen molar-refractivity contribution >= 4 is 11.5 Å². The van der Waals surface area contributed by atoms with E-state index < -0.39 is 0 Å². The fourth-order valence-corrected chi connectivity index (χ4v) is 3.23. The van der Waals surface area contributed by atoms with Gasteiger partial charge in [-0.1, -0.05) is 20.4 Å². The van der Waals surface area contributed by atoms with E-state index >= 15 is 0 Å². The summed E-state index contributed by atoms with van der Waals surface area (Å²) in [5, 5.41) is 0. The smallest absolute Gasteiger partial charge is 0.254 e. The lowest BCUT2D eigenvalue weighted by molar-refractivity contribution is 0.526. The Hall–Kier alpha value is -3.46. The molecule has 0 bridgehead atoms. The zero-order valence-electron chi connectivity index (χ0n) is 15.1. The van der Waals surface area contributed by atoms with E-state index in [-0.39, 0.29) is 5.82 Å². The van der Waals surface area contributed by atoms with Gasteiger partial charge >= 0.3 is 0 Å². The standard InChI is InChI=1S/C21H18FN5/c1-14(2)11-26-13-25-20(15-4-7-17(22)8-5-15)21(26)16-6-9-18-24-10-19(23-3)27(18)12-16/h4-10,12-14H,11H2,1-2H3. The van der Waals surface area contributed by atoms with Crippen LogP contribution in [0, 0.1) is 18.3 Å². The summed E-state index contributed by atoms with van der Waals surface area (Å²) in [6.07, 6.45) is 5.30. The number of imidazole rings is 2. The van der Waals surface area contributed by atoms with Gasteiger partial charge in [-0.15, -0.1) is 0 Å². The Kier molecular flexibility index (Phi) is 4.21. The second-order valence-electron chi connectivity index (χ2n) is 6.87. The zero-order valence-corrected chi connectivity index (χ0v) is 15.1. The van der Waals surface area contributed by atoms with Gasteiger partial charge in [0.15, 0.2) is 0 Å². The number of rotatable bonds is 4. The van der Waals surface area contributed by atoms with Gasteiger partial charge in [0.2, 0.25) is 5.65 Å². The van der Waals surface area contributed by atoms with Crippen molar-refractivity contribution in [2.45, 2.75) is 20.4 Å². The molecule has 0 atom stereocenters. The SMILES string of the molecule is [C-]#[N+]c1cnc2ccc(-c3c(-c4ccc(F)cc4)ncn3CC(C)C)cn12. The lowest BCUT2D eigenvalue weighted by atomic mass is 10.1. The molecular weight excluding hydrogens is 341 g/mol. The van der Waals surface area contributed by atoms with Crippen LogP contribution in [0.4, 0.5) is 10.2 Å². The summed E-state index contributed by atoms with van der Waals surface area (Å²) in [6.45, 7) is 12.4. The van der Waals surface area contributed by atoms with Crippen LogP contribution in [0.1, 0.15) is 13.8 Å². The van der Waals surface area contributed by atoms with E-state index in [1.807, 2.05) is 24.7 Å². The minimum atomic E-state index is -0.275. The van der Waals surface area contributed by atoms with Gasteiger partial charge in [-0.3, -0.25) is 0 Å². The van der Waals surface area contributed by atoms with Crippen LogP contribution in [0.5, 0.6) is 0 Å². The Balaban J connectivity index is 1.93. The molecule has 0 saturated carbocycles. The molecule has 5 nitrogen and oxygen atoms in total. The summed E-state index contributed by atoms with van der Waals surface area (Å²) in [5.41, 5.74) is 4.25. The molecule has 4 aromatic rings. The van der Waals surface area contributed by atoms with Crippen molar-refractivity contribution in [2.75, 3.05) is 0 Å². The number of benzene rings is 1. The molecule has 134 valence electrons. The summed E-state index contributed by atoms with van der Waals surface area (Å²) < 4.78 is 17.3. The highest BCUT2D eigenvalue weighted by Gasteiger charge is 2.18. The first-order valence-electron chi connectivity index (χ1n) is 8.73. The number of hydrogen-bond donors (Lipinski definition) is 0. The van der Waals surface area contributed by atoms with Crippen molar-refractivity contribution < 1.29 is 4.39 Å². The van der Waals surface area contributed by atoms with Crippen LogP contribution >= 0.6 is 0 Å². The molecule has 0 aliphatic carbocycles. The predicted molar refractivity (Wildman–Crippen MR) is 103 cm³/mol. The van der Waals surface area contributed by atoms with Gasteiger partial charge in [-0.05, 0) is 36.2 Å². The molecule has 0 saturated heterocycles. The average Bonchev–Trinajstić information content (AvgIpc) is 3.25. The average molecular weight is 359 g/mol. The molecule has 3 aromatic heterocycles. The summed E-state index contributed by atoms with van der Waals surface area (Å²) in [7, 11) is 0. The van der Waals surface area contributed by atoms with Crippen molar-refractivity contribution in [2.24, 2.45) is 5.92 Å². The monoisotopic (exact) mass is 359 g/mol. The summed E-state index contributed by atoms with van der Waals surface area (Å²) in [4.78, 5) is 12.4. The van der Waals surface area contributed by atoms with E-state index in [2.05, 4.69) is 33.2 Å². The molecule has 3 heterocycles. The molecule has 0 amide bonds. The Bertz CT molecular complexity index is 1150. The normalized spacial score (nSPS) is 11.2. The third-order valence-electron chi connectivity index (χ3n) is 4.39. The van der Waals surface area contributed by atoms with E-state index in [1.165, 1.54) is 12.1 Å². The zero-order chi connectivity index (χ0) is 19.0. The van der Waals surface area contributed by atoms with Crippen molar-refractivity contribution in [3.8, 4) is 22.5 Å². The molecular formula is C21H18FN5. The number of aromatic nitrogens is 4. The fourth-order valence-electron chi connectivity index (χ4n) is 3.23. The lowest BCUT2D eigenvalue weighted by Gasteiger charge is -2.12. The second-order valence-corrected chi connectivity index (χ2v) is 6.87. The maximum Gasteiger partial charge on any atom is 0.254 e. The van der Waals surface area contributed by atoms with Gasteiger partial charge in [-0.2, -0.15) is 0 Å². The molecule has 0 spiro atoms. The van der Waals surface area contributed by atoms with Crippen LogP contribution in [0.3, 0.4) is 0 Å². The number of hydrogen-bond acceptors (Lipinski definition) is 2. The van der Waals surface area contributed by atoms with Gasteiger partial charge in [0.05, 0.1) is 30.1 Å². The molecule has 6 heteroatoms. The lowest BCUT2D eigenvalue weighted by Crippen LogP contribution is -2.05. The molecule has 0 N–H and O–H groups in total. The minimum absolute atomic E-state index is 0.275. The van der Waals surface area contributed by atoms with E-state index in [0.717, 1.165) is 34.7 Å². The Labute approximate surface area is 156 Å². The third-order valence-corrected chi connectivity index (χ3v) is 4.39. The topological polar surface area (TPSA) is 39.5 Å². The second kappa shape index (κ2) is 6.69. The highest BCUT2D eigenvalue weighted by molar-refractivity contribution is 5.79. The first kappa shape index (κ1) is 17.0. The highest BCUT2D eigenvalue weighted by atomic mass is 19.1. The van der Waals surface area contributed by atoms with Crippen molar-refractivity contribution in [3.05, 3.63) is 72.4 Å². The van der Waals surface area contributed by atoms with Crippen molar-refractivity contribution in [1.82, 2.24) is 18.9 Å². The summed E-state index contributed by atoms with van der Waals surface area (Å²) in [5.74, 6) is 0.628. The van der Waals surface area contributed by atoms with Gasteiger partial charge < -0.3 is 9.41 Å². The number of halogens is 1. The molecule has 0 unspecified atom stereocenters. The van der Waals surface area contributed by atoms with Crippen molar-refractivity contribution in [3.63, 3.8) is 0 Å². The predicted octanol–water partition coefficient (Wildman–Crippen LogP) is 5.21. The molecule has 27 heavy (non-hydrogen) atoms. The summed E-state index contributed by atoms with van der Waals surface area (Å²) >= 11 is 0. The molecule has 0 fully saturated rings. The first-order chi connectivity index (χ1) is 13.1. The van der Waals surface area contributed by atoms with Crippen LogP contribution in [0.2, 0.25) is 0 Å². The molecule has 0 radical (unpaired) electrons. The number of fused-ring (bicyclic) bond motifs is 1. The molecule has 0 aliphatic heterocycles. The molecule has 1 aromatic carbocycles. The maximum atomic E-state index is 13.4. The largest absolute Gasteiger partial charge is 0.362 e. The van der Waals surface area contributed by atoms with E-state index in [9.17, 15) is 4.39 Å². The van der Waals surface area contributed by atoms with E-state index in [1.54, 1.807) is 22.7 Å². The number of pyridine rings is 1. The van der Waals surface area contributed by atoms with E-state index in [0.29, 0.717) is 11.7 Å². The molecule has 0 aliphatic rings. The van der Waals surface area contributed by atoms with Crippen molar-refractivity contribution in [1.29, 1.82) is 0 Å². The van der Waals surface area contributed by atoms with Gasteiger partial charge in [0.25, 0.3) is 5.82 Å². The number of nitrogens with zero attached hydrogens (tertiary/aromatic N) is 5. The maximum absolute atomic E-state index is 13.4. The van der Waals surface area contributed by atoms with Crippen LogP contribution in [-0.2, 0) is 6.54 Å². The Morgan fingerprint density at radius 2 is 1.81 bits per heavy atom. The van der Waals surface area contributed by atoms with Gasteiger partial charge in [0.1, 0.15) is 5.82 Å².